The molecule has 2 aromatic heterocycles. The standard InChI is InChI=1S/C10H12N4O5/c15-1-4-6(16)7(17)10(19-4)14-3-13-5-8(14)11-2-12-9(5)18/h2-4,6-7,10,15-17H,1H2,(H,11,12,18)/t4-,6?,7+,10-/m0/s1. The summed E-state index contributed by atoms with van der Waals surface area (Å²) in [5.74, 6) is 0. The van der Waals surface area contributed by atoms with Crippen LogP contribution < -0.4 is 5.56 Å². The third kappa shape index (κ3) is 1.75. The minimum absolute atomic E-state index is 0.111. The summed E-state index contributed by atoms with van der Waals surface area (Å²) in [6, 6.07) is 0. The molecular weight excluding hydrogens is 256 g/mol. The van der Waals surface area contributed by atoms with Gasteiger partial charge in [-0.15, -0.1) is 0 Å². The minimum atomic E-state index is -1.24. The van der Waals surface area contributed by atoms with Gasteiger partial charge in [0.25, 0.3) is 5.56 Å². The van der Waals surface area contributed by atoms with Crippen molar-refractivity contribution in [3.63, 3.8) is 0 Å². The fraction of sp³-hybridized carbons (Fsp3) is 0.500. The highest BCUT2D eigenvalue weighted by Crippen LogP contribution is 2.30. The Balaban J connectivity index is 2.06. The van der Waals surface area contributed by atoms with Crippen molar-refractivity contribution in [2.45, 2.75) is 24.5 Å². The van der Waals surface area contributed by atoms with Crippen molar-refractivity contribution >= 4 is 11.2 Å². The van der Waals surface area contributed by atoms with Crippen LogP contribution >= 0.6 is 0 Å². The number of fused-ring (bicyclic) bond motifs is 1. The molecule has 3 heterocycles. The van der Waals surface area contributed by atoms with Crippen molar-refractivity contribution in [1.29, 1.82) is 0 Å². The number of nitrogens with one attached hydrogen (secondary N) is 1. The number of hydrogen-bond donors (Lipinski definition) is 4. The van der Waals surface area contributed by atoms with Crippen LogP contribution in [-0.4, -0.2) is 59.8 Å². The fourth-order valence-corrected chi connectivity index (χ4v) is 2.16. The summed E-state index contributed by atoms with van der Waals surface area (Å²) in [4.78, 5) is 21.8. The van der Waals surface area contributed by atoms with Crippen molar-refractivity contribution in [3.05, 3.63) is 23.0 Å². The van der Waals surface area contributed by atoms with Gasteiger partial charge < -0.3 is 25.0 Å². The number of hydrogen-bond acceptors (Lipinski definition) is 7. The quantitative estimate of drug-likeness (QED) is 0.482. The third-order valence-electron chi connectivity index (χ3n) is 3.16. The summed E-state index contributed by atoms with van der Waals surface area (Å²) in [5.41, 5.74) is -0.0608. The summed E-state index contributed by atoms with van der Waals surface area (Å²) < 4.78 is 6.70. The molecule has 0 amide bonds. The van der Waals surface area contributed by atoms with Crippen LogP contribution in [-0.2, 0) is 4.74 Å². The lowest BCUT2D eigenvalue weighted by atomic mass is 10.1. The molecular formula is C10H12N4O5. The van der Waals surface area contributed by atoms with Gasteiger partial charge in [0.1, 0.15) is 18.3 Å². The van der Waals surface area contributed by atoms with Crippen LogP contribution in [0.15, 0.2) is 17.4 Å². The van der Waals surface area contributed by atoms with Crippen molar-refractivity contribution in [1.82, 2.24) is 19.5 Å². The molecule has 0 radical (unpaired) electrons. The fourth-order valence-electron chi connectivity index (χ4n) is 2.16. The normalized spacial score (nSPS) is 31.1. The molecule has 1 fully saturated rings. The van der Waals surface area contributed by atoms with Gasteiger partial charge in [0.05, 0.1) is 19.3 Å². The Labute approximate surface area is 106 Å². The van der Waals surface area contributed by atoms with Crippen molar-refractivity contribution < 1.29 is 20.1 Å². The maximum atomic E-state index is 11.5. The van der Waals surface area contributed by atoms with Gasteiger partial charge in [-0.1, -0.05) is 0 Å². The highest BCUT2D eigenvalue weighted by molar-refractivity contribution is 5.68. The van der Waals surface area contributed by atoms with E-state index in [4.69, 9.17) is 9.84 Å². The van der Waals surface area contributed by atoms with E-state index >= 15 is 0 Å². The first-order valence-electron chi connectivity index (χ1n) is 5.66. The summed E-state index contributed by atoms with van der Waals surface area (Å²) in [7, 11) is 0. The maximum absolute atomic E-state index is 11.5. The highest BCUT2D eigenvalue weighted by atomic mass is 16.6. The second kappa shape index (κ2) is 4.38. The average Bonchev–Trinajstić information content (AvgIpc) is 2.94. The van der Waals surface area contributed by atoms with Crippen LogP contribution in [0.2, 0.25) is 0 Å². The molecule has 0 aromatic carbocycles. The van der Waals surface area contributed by atoms with Crippen LogP contribution in [0.4, 0.5) is 0 Å². The summed E-state index contributed by atoms with van der Waals surface area (Å²) in [6.45, 7) is -0.421. The van der Waals surface area contributed by atoms with Gasteiger partial charge in [-0.3, -0.25) is 9.36 Å². The molecule has 4 N–H and O–H groups in total. The molecule has 3 rings (SSSR count). The van der Waals surface area contributed by atoms with Crippen LogP contribution in [0.25, 0.3) is 11.2 Å². The molecule has 0 saturated carbocycles. The summed E-state index contributed by atoms with van der Waals surface area (Å²) in [5, 5.41) is 28.6. The third-order valence-corrected chi connectivity index (χ3v) is 3.16. The molecule has 1 unspecified atom stereocenters. The van der Waals surface area contributed by atoms with E-state index in [1.807, 2.05) is 0 Å². The zero-order valence-electron chi connectivity index (χ0n) is 9.67. The van der Waals surface area contributed by atoms with Gasteiger partial charge >= 0.3 is 0 Å². The molecule has 1 saturated heterocycles. The van der Waals surface area contributed by atoms with E-state index in [-0.39, 0.29) is 11.2 Å². The van der Waals surface area contributed by atoms with E-state index in [1.165, 1.54) is 17.2 Å². The molecule has 1 aliphatic heterocycles. The van der Waals surface area contributed by atoms with E-state index in [1.54, 1.807) is 0 Å². The highest BCUT2D eigenvalue weighted by Gasteiger charge is 2.43. The van der Waals surface area contributed by atoms with E-state index in [0.29, 0.717) is 0 Å². The number of aliphatic hydroxyl groups is 3. The van der Waals surface area contributed by atoms with Crippen molar-refractivity contribution in [3.8, 4) is 0 Å². The Morgan fingerprint density at radius 3 is 2.84 bits per heavy atom. The smallest absolute Gasteiger partial charge is 0.278 e. The van der Waals surface area contributed by atoms with Gasteiger partial charge in [0.2, 0.25) is 0 Å². The lowest BCUT2D eigenvalue weighted by molar-refractivity contribution is -0.0511. The van der Waals surface area contributed by atoms with Crippen LogP contribution in [0.1, 0.15) is 6.23 Å². The molecule has 102 valence electrons. The Hall–Kier alpha value is -1.81. The molecule has 9 heteroatoms. The molecule has 9 nitrogen and oxygen atoms in total. The predicted octanol–water partition coefficient (Wildman–Crippen LogP) is -2.27. The number of nitrogens with zero attached hydrogens (tertiary/aromatic N) is 3. The van der Waals surface area contributed by atoms with Gasteiger partial charge in [0.15, 0.2) is 17.4 Å². The predicted molar refractivity (Wildman–Crippen MR) is 61.2 cm³/mol. The van der Waals surface area contributed by atoms with E-state index in [0.717, 1.165) is 0 Å². The van der Waals surface area contributed by atoms with E-state index < -0.39 is 36.7 Å². The zero-order chi connectivity index (χ0) is 13.6. The summed E-state index contributed by atoms with van der Waals surface area (Å²) >= 11 is 0. The monoisotopic (exact) mass is 268 g/mol. The number of aromatic amines is 1. The molecule has 0 spiro atoms. The second-order valence-electron chi connectivity index (χ2n) is 4.28. The van der Waals surface area contributed by atoms with Gasteiger partial charge in [0, 0.05) is 0 Å². The first-order valence-corrected chi connectivity index (χ1v) is 5.66. The molecule has 0 aliphatic carbocycles. The SMILES string of the molecule is O=c1[nH]cnc2c1ncn2[C@H]1O[C@@H](CO)C(O)[C@H]1O. The molecule has 19 heavy (non-hydrogen) atoms. The van der Waals surface area contributed by atoms with Gasteiger partial charge in [-0.05, 0) is 0 Å². The maximum Gasteiger partial charge on any atom is 0.278 e. The number of rotatable bonds is 2. The van der Waals surface area contributed by atoms with E-state index in [2.05, 4.69) is 15.0 Å². The Kier molecular flexibility index (Phi) is 2.82. The first-order chi connectivity index (χ1) is 9.13. The number of aliphatic hydroxyl groups excluding tert-OH is 3. The average molecular weight is 268 g/mol. The van der Waals surface area contributed by atoms with Crippen LogP contribution in [0, 0.1) is 0 Å². The van der Waals surface area contributed by atoms with E-state index in [9.17, 15) is 15.0 Å². The topological polar surface area (TPSA) is 133 Å². The Bertz CT molecular complexity index is 653. The first kappa shape index (κ1) is 12.2. The molecule has 1 aliphatic rings. The lowest BCUT2D eigenvalue weighted by Crippen LogP contribution is -2.33. The lowest BCUT2D eigenvalue weighted by Gasteiger charge is -2.16. The Morgan fingerprint density at radius 1 is 1.37 bits per heavy atom. The number of imidazole rings is 1. The van der Waals surface area contributed by atoms with Crippen LogP contribution in [0.5, 0.6) is 0 Å². The number of H-pyrrole nitrogens is 1. The van der Waals surface area contributed by atoms with Gasteiger partial charge in [-0.25, -0.2) is 9.97 Å². The van der Waals surface area contributed by atoms with Gasteiger partial charge in [-0.2, -0.15) is 0 Å². The minimum Gasteiger partial charge on any atom is -0.394 e. The summed E-state index contributed by atoms with van der Waals surface area (Å²) in [6.07, 6.45) is -1.78. The molecule has 0 bridgehead atoms. The van der Waals surface area contributed by atoms with Crippen LogP contribution in [0.3, 0.4) is 0 Å². The number of aromatic nitrogens is 4. The Morgan fingerprint density at radius 2 is 2.16 bits per heavy atom. The van der Waals surface area contributed by atoms with Crippen molar-refractivity contribution in [2.75, 3.05) is 6.61 Å². The molecule has 4 atom stereocenters. The largest absolute Gasteiger partial charge is 0.394 e. The second-order valence-corrected chi connectivity index (χ2v) is 4.28. The molecule has 2 aromatic rings. The van der Waals surface area contributed by atoms with Crippen molar-refractivity contribution in [2.24, 2.45) is 0 Å². The number of ether oxygens (including phenoxy) is 1. The zero-order valence-corrected chi connectivity index (χ0v) is 9.67.